The lowest BCUT2D eigenvalue weighted by Gasteiger charge is -2.07. The lowest BCUT2D eigenvalue weighted by Crippen LogP contribution is -2.29. The van der Waals surface area contributed by atoms with E-state index in [9.17, 15) is 4.79 Å². The molecule has 0 aromatic carbocycles. The first-order chi connectivity index (χ1) is 6.74. The third-order valence-electron chi connectivity index (χ3n) is 1.82. The molecule has 14 heavy (non-hydrogen) atoms. The number of rotatable bonds is 3. The number of amides is 2. The molecule has 1 rings (SSSR count). The fraction of sp³-hybridized carbons (Fsp3) is 0.400. The van der Waals surface area contributed by atoms with Gasteiger partial charge in [-0.05, 0) is 25.0 Å². The number of pyridine rings is 1. The molecule has 4 heteroatoms. The Kier molecular flexibility index (Phi) is 3.91. The van der Waals surface area contributed by atoms with Crippen LogP contribution < -0.4 is 10.6 Å². The molecule has 0 radical (unpaired) electrons. The van der Waals surface area contributed by atoms with Gasteiger partial charge in [0.1, 0.15) is 0 Å². The minimum Gasteiger partial charge on any atom is -0.338 e. The van der Waals surface area contributed by atoms with E-state index < -0.39 is 0 Å². The van der Waals surface area contributed by atoms with Gasteiger partial charge >= 0.3 is 6.03 Å². The number of hydrogen-bond donors (Lipinski definition) is 2. The number of carbonyl (C=O) groups is 1. The zero-order valence-electron chi connectivity index (χ0n) is 8.50. The molecular formula is C10H15N3O. The molecule has 0 bridgehead atoms. The van der Waals surface area contributed by atoms with E-state index in [0.717, 1.165) is 17.7 Å². The third-order valence-corrected chi connectivity index (χ3v) is 1.82. The summed E-state index contributed by atoms with van der Waals surface area (Å²) in [5.41, 5.74) is 1.76. The SMILES string of the molecule is CCCNC(=O)Nc1cnccc1C. The van der Waals surface area contributed by atoms with Crippen molar-refractivity contribution >= 4 is 11.7 Å². The highest BCUT2D eigenvalue weighted by Gasteiger charge is 2.02. The predicted octanol–water partition coefficient (Wildman–Crippen LogP) is 1.92. The zero-order valence-corrected chi connectivity index (χ0v) is 8.50. The summed E-state index contributed by atoms with van der Waals surface area (Å²) >= 11 is 0. The van der Waals surface area contributed by atoms with E-state index >= 15 is 0 Å². The molecule has 2 N–H and O–H groups in total. The second-order valence-corrected chi connectivity index (χ2v) is 3.07. The van der Waals surface area contributed by atoms with E-state index in [4.69, 9.17) is 0 Å². The Bertz CT molecular complexity index is 312. The normalized spacial score (nSPS) is 9.57. The molecule has 4 nitrogen and oxygen atoms in total. The molecule has 0 atom stereocenters. The minimum atomic E-state index is -0.178. The lowest BCUT2D eigenvalue weighted by molar-refractivity contribution is 0.252. The van der Waals surface area contributed by atoms with Crippen LogP contribution in [0, 0.1) is 6.92 Å². The highest BCUT2D eigenvalue weighted by atomic mass is 16.2. The maximum absolute atomic E-state index is 11.3. The Morgan fingerprint density at radius 3 is 3.00 bits per heavy atom. The van der Waals surface area contributed by atoms with E-state index in [1.807, 2.05) is 19.9 Å². The molecule has 0 unspecified atom stereocenters. The van der Waals surface area contributed by atoms with Gasteiger partial charge in [0.25, 0.3) is 0 Å². The summed E-state index contributed by atoms with van der Waals surface area (Å²) in [5.74, 6) is 0. The van der Waals surface area contributed by atoms with Crippen LogP contribution in [0.5, 0.6) is 0 Å². The first kappa shape index (κ1) is 10.5. The summed E-state index contributed by atoms with van der Waals surface area (Å²) in [6, 6.07) is 1.68. The average molecular weight is 193 g/mol. The number of aryl methyl sites for hydroxylation is 1. The van der Waals surface area contributed by atoms with Crippen molar-refractivity contribution in [1.29, 1.82) is 0 Å². The van der Waals surface area contributed by atoms with Crippen molar-refractivity contribution in [3.05, 3.63) is 24.0 Å². The van der Waals surface area contributed by atoms with Crippen LogP contribution in [0.3, 0.4) is 0 Å². The average Bonchev–Trinajstić information content (AvgIpc) is 2.18. The van der Waals surface area contributed by atoms with Crippen LogP contribution in [0.25, 0.3) is 0 Å². The number of aromatic nitrogens is 1. The zero-order chi connectivity index (χ0) is 10.4. The van der Waals surface area contributed by atoms with Crippen LogP contribution in [-0.2, 0) is 0 Å². The first-order valence-corrected chi connectivity index (χ1v) is 4.69. The first-order valence-electron chi connectivity index (χ1n) is 4.69. The van der Waals surface area contributed by atoms with Crippen LogP contribution in [0.1, 0.15) is 18.9 Å². The molecule has 0 aliphatic rings. The van der Waals surface area contributed by atoms with Gasteiger partial charge in [0.15, 0.2) is 0 Å². The largest absolute Gasteiger partial charge is 0.338 e. The van der Waals surface area contributed by atoms with Crippen LogP contribution >= 0.6 is 0 Å². The van der Waals surface area contributed by atoms with Crippen LogP contribution in [0.15, 0.2) is 18.5 Å². The Balaban J connectivity index is 2.52. The summed E-state index contributed by atoms with van der Waals surface area (Å²) in [5, 5.41) is 5.46. The summed E-state index contributed by atoms with van der Waals surface area (Å²) in [4.78, 5) is 15.2. The molecule has 2 amide bonds. The van der Waals surface area contributed by atoms with E-state index in [1.165, 1.54) is 0 Å². The lowest BCUT2D eigenvalue weighted by atomic mass is 10.2. The Morgan fingerprint density at radius 2 is 2.36 bits per heavy atom. The van der Waals surface area contributed by atoms with Crippen molar-refractivity contribution < 1.29 is 4.79 Å². The number of hydrogen-bond acceptors (Lipinski definition) is 2. The predicted molar refractivity (Wildman–Crippen MR) is 56.3 cm³/mol. The second-order valence-electron chi connectivity index (χ2n) is 3.07. The van der Waals surface area contributed by atoms with Gasteiger partial charge < -0.3 is 10.6 Å². The molecule has 0 fully saturated rings. The van der Waals surface area contributed by atoms with E-state index in [-0.39, 0.29) is 6.03 Å². The van der Waals surface area contributed by atoms with Crippen molar-refractivity contribution in [2.75, 3.05) is 11.9 Å². The molecule has 0 aliphatic heterocycles. The highest BCUT2D eigenvalue weighted by Crippen LogP contribution is 2.10. The van der Waals surface area contributed by atoms with Crippen molar-refractivity contribution in [2.24, 2.45) is 0 Å². The van der Waals surface area contributed by atoms with E-state index in [0.29, 0.717) is 6.54 Å². The summed E-state index contributed by atoms with van der Waals surface area (Å²) in [6.07, 6.45) is 4.27. The van der Waals surface area contributed by atoms with E-state index in [1.54, 1.807) is 12.4 Å². The number of anilines is 1. The fourth-order valence-electron chi connectivity index (χ4n) is 1.000. The van der Waals surface area contributed by atoms with Crippen molar-refractivity contribution in [3.8, 4) is 0 Å². The molecule has 76 valence electrons. The van der Waals surface area contributed by atoms with Gasteiger partial charge in [-0.1, -0.05) is 6.92 Å². The highest BCUT2D eigenvalue weighted by molar-refractivity contribution is 5.89. The molecule has 1 aromatic rings. The Labute approximate surface area is 83.7 Å². The number of carbonyl (C=O) groups excluding carboxylic acids is 1. The quantitative estimate of drug-likeness (QED) is 0.770. The van der Waals surface area contributed by atoms with Gasteiger partial charge in [-0.15, -0.1) is 0 Å². The smallest absolute Gasteiger partial charge is 0.319 e. The van der Waals surface area contributed by atoms with Gasteiger partial charge in [0.05, 0.1) is 11.9 Å². The molecule has 0 saturated carbocycles. The Hall–Kier alpha value is -1.58. The second kappa shape index (κ2) is 5.21. The van der Waals surface area contributed by atoms with Gasteiger partial charge in [0.2, 0.25) is 0 Å². The maximum Gasteiger partial charge on any atom is 0.319 e. The van der Waals surface area contributed by atoms with Crippen LogP contribution in [0.4, 0.5) is 10.5 Å². The third kappa shape index (κ3) is 3.05. The van der Waals surface area contributed by atoms with Crippen LogP contribution in [-0.4, -0.2) is 17.6 Å². The molecule has 0 saturated heterocycles. The van der Waals surface area contributed by atoms with Crippen molar-refractivity contribution in [2.45, 2.75) is 20.3 Å². The van der Waals surface area contributed by atoms with Crippen molar-refractivity contribution in [1.82, 2.24) is 10.3 Å². The molecular weight excluding hydrogens is 178 g/mol. The standard InChI is InChI=1S/C10H15N3O/c1-3-5-12-10(14)13-9-7-11-6-4-8(9)2/h4,6-7H,3,5H2,1-2H3,(H2,12,13,14). The van der Waals surface area contributed by atoms with Crippen molar-refractivity contribution in [3.63, 3.8) is 0 Å². The minimum absolute atomic E-state index is 0.178. The monoisotopic (exact) mass is 193 g/mol. The number of nitrogens with one attached hydrogen (secondary N) is 2. The molecule has 1 heterocycles. The van der Waals surface area contributed by atoms with Gasteiger partial charge in [0, 0.05) is 12.7 Å². The molecule has 1 aromatic heterocycles. The summed E-state index contributed by atoms with van der Waals surface area (Å²) < 4.78 is 0. The van der Waals surface area contributed by atoms with Gasteiger partial charge in [-0.25, -0.2) is 4.79 Å². The van der Waals surface area contributed by atoms with E-state index in [2.05, 4.69) is 15.6 Å². The molecule has 0 aliphatic carbocycles. The van der Waals surface area contributed by atoms with Crippen LogP contribution in [0.2, 0.25) is 0 Å². The fourth-order valence-corrected chi connectivity index (χ4v) is 1.000. The van der Waals surface area contributed by atoms with Gasteiger partial charge in [-0.2, -0.15) is 0 Å². The maximum atomic E-state index is 11.3. The topological polar surface area (TPSA) is 54.0 Å². The Morgan fingerprint density at radius 1 is 1.57 bits per heavy atom. The molecule has 0 spiro atoms. The number of urea groups is 1. The number of nitrogens with zero attached hydrogens (tertiary/aromatic N) is 1. The van der Waals surface area contributed by atoms with Gasteiger partial charge in [-0.3, -0.25) is 4.98 Å². The summed E-state index contributed by atoms with van der Waals surface area (Å²) in [6.45, 7) is 4.62. The summed E-state index contributed by atoms with van der Waals surface area (Å²) in [7, 11) is 0.